The molecule has 0 fully saturated rings. The van der Waals surface area contributed by atoms with Crippen molar-refractivity contribution in [3.05, 3.63) is 63.8 Å². The second-order valence-corrected chi connectivity index (χ2v) is 6.39. The lowest BCUT2D eigenvalue weighted by Crippen LogP contribution is -2.07. The number of aryl methyl sites for hydroxylation is 2. The molecule has 0 aliphatic heterocycles. The fourth-order valence-corrected chi connectivity index (χ4v) is 3.35. The number of hydrogen-bond acceptors (Lipinski definition) is 2. The fraction of sp³-hybridized carbons (Fsp3) is 0.222. The van der Waals surface area contributed by atoms with Crippen LogP contribution in [0.3, 0.4) is 0 Å². The Bertz CT molecular complexity index is 771. The van der Waals surface area contributed by atoms with E-state index in [1.54, 1.807) is 0 Å². The summed E-state index contributed by atoms with van der Waals surface area (Å²) in [6, 6.07) is 14.6. The Morgan fingerprint density at radius 2 is 1.86 bits per heavy atom. The highest BCUT2D eigenvalue weighted by molar-refractivity contribution is 9.10. The van der Waals surface area contributed by atoms with Crippen molar-refractivity contribution in [2.45, 2.75) is 26.8 Å². The standard InChI is InChI=1S/C18H18BrNO/c1-11-8-14(19)10-15(9-11)20-13(3)18-12(2)16-6-4-5-7-17(16)21-18/h4-10,13,20H,1-3H3. The summed E-state index contributed by atoms with van der Waals surface area (Å²) in [7, 11) is 0. The van der Waals surface area contributed by atoms with E-state index in [4.69, 9.17) is 4.42 Å². The Morgan fingerprint density at radius 1 is 1.10 bits per heavy atom. The van der Waals surface area contributed by atoms with Gasteiger partial charge in [-0.05, 0) is 50.6 Å². The molecular weight excluding hydrogens is 326 g/mol. The number of nitrogens with one attached hydrogen (secondary N) is 1. The Labute approximate surface area is 133 Å². The molecule has 1 heterocycles. The van der Waals surface area contributed by atoms with Gasteiger partial charge in [-0.15, -0.1) is 0 Å². The number of furan rings is 1. The molecule has 3 heteroatoms. The quantitative estimate of drug-likeness (QED) is 0.632. The highest BCUT2D eigenvalue weighted by Crippen LogP contribution is 2.31. The Balaban J connectivity index is 1.93. The van der Waals surface area contributed by atoms with Gasteiger partial charge in [0.05, 0.1) is 6.04 Å². The first kappa shape index (κ1) is 14.2. The van der Waals surface area contributed by atoms with Gasteiger partial charge in [0.1, 0.15) is 11.3 Å². The first-order valence-electron chi connectivity index (χ1n) is 7.06. The summed E-state index contributed by atoms with van der Waals surface area (Å²) in [4.78, 5) is 0. The SMILES string of the molecule is Cc1cc(Br)cc(NC(C)c2oc3ccccc3c2C)c1. The maximum atomic E-state index is 6.02. The zero-order valence-corrected chi connectivity index (χ0v) is 14.0. The van der Waals surface area contributed by atoms with Crippen LogP contribution in [0.1, 0.15) is 29.9 Å². The number of halogens is 1. The van der Waals surface area contributed by atoms with Crippen molar-refractivity contribution in [2.75, 3.05) is 5.32 Å². The van der Waals surface area contributed by atoms with E-state index in [9.17, 15) is 0 Å². The van der Waals surface area contributed by atoms with Crippen molar-refractivity contribution in [1.29, 1.82) is 0 Å². The number of hydrogen-bond donors (Lipinski definition) is 1. The highest BCUT2D eigenvalue weighted by Gasteiger charge is 2.16. The number of rotatable bonds is 3. The van der Waals surface area contributed by atoms with E-state index in [0.29, 0.717) is 0 Å². The van der Waals surface area contributed by atoms with Gasteiger partial charge in [-0.25, -0.2) is 0 Å². The van der Waals surface area contributed by atoms with E-state index in [2.05, 4.69) is 66.3 Å². The molecule has 0 amide bonds. The van der Waals surface area contributed by atoms with Gasteiger partial charge < -0.3 is 9.73 Å². The third-order valence-electron chi connectivity index (χ3n) is 3.70. The first-order valence-corrected chi connectivity index (χ1v) is 7.85. The van der Waals surface area contributed by atoms with Crippen molar-refractivity contribution in [2.24, 2.45) is 0 Å². The summed E-state index contributed by atoms with van der Waals surface area (Å²) in [5.74, 6) is 0.994. The van der Waals surface area contributed by atoms with Crippen LogP contribution >= 0.6 is 15.9 Å². The van der Waals surface area contributed by atoms with Gasteiger partial charge in [0.25, 0.3) is 0 Å². The molecule has 0 aliphatic rings. The molecule has 0 bridgehead atoms. The van der Waals surface area contributed by atoms with E-state index >= 15 is 0 Å². The zero-order chi connectivity index (χ0) is 15.0. The van der Waals surface area contributed by atoms with E-state index in [1.165, 1.54) is 16.5 Å². The van der Waals surface area contributed by atoms with Gasteiger partial charge in [0.15, 0.2) is 0 Å². The van der Waals surface area contributed by atoms with E-state index in [1.807, 2.05) is 18.2 Å². The molecule has 0 saturated heterocycles. The maximum absolute atomic E-state index is 6.02. The van der Waals surface area contributed by atoms with Crippen LogP contribution in [0.4, 0.5) is 5.69 Å². The van der Waals surface area contributed by atoms with Crippen LogP contribution in [0, 0.1) is 13.8 Å². The molecule has 2 nitrogen and oxygen atoms in total. The van der Waals surface area contributed by atoms with Crippen molar-refractivity contribution < 1.29 is 4.42 Å². The average Bonchev–Trinajstić information content (AvgIpc) is 2.76. The lowest BCUT2D eigenvalue weighted by molar-refractivity contribution is 0.522. The third-order valence-corrected chi connectivity index (χ3v) is 4.16. The third kappa shape index (κ3) is 2.84. The second-order valence-electron chi connectivity index (χ2n) is 5.47. The molecule has 2 aromatic carbocycles. The summed E-state index contributed by atoms with van der Waals surface area (Å²) in [6.07, 6.45) is 0. The smallest absolute Gasteiger partial charge is 0.134 e. The number of benzene rings is 2. The summed E-state index contributed by atoms with van der Waals surface area (Å²) < 4.78 is 7.10. The monoisotopic (exact) mass is 343 g/mol. The van der Waals surface area contributed by atoms with Gasteiger partial charge in [-0.3, -0.25) is 0 Å². The maximum Gasteiger partial charge on any atom is 0.134 e. The van der Waals surface area contributed by atoms with Gasteiger partial charge in [0, 0.05) is 21.1 Å². The molecule has 0 spiro atoms. The predicted octanol–water partition coefficient (Wildman–Crippen LogP) is 5.99. The van der Waals surface area contributed by atoms with Crippen molar-refractivity contribution in [1.82, 2.24) is 0 Å². The largest absolute Gasteiger partial charge is 0.459 e. The molecule has 3 aromatic rings. The highest BCUT2D eigenvalue weighted by atomic mass is 79.9. The minimum atomic E-state index is 0.117. The van der Waals surface area contributed by atoms with E-state index < -0.39 is 0 Å². The van der Waals surface area contributed by atoms with Crippen molar-refractivity contribution >= 4 is 32.6 Å². The fourth-order valence-electron chi connectivity index (χ4n) is 2.74. The first-order chi connectivity index (χ1) is 10.0. The van der Waals surface area contributed by atoms with Crippen molar-refractivity contribution in [3.63, 3.8) is 0 Å². The second kappa shape index (κ2) is 5.57. The molecule has 1 unspecified atom stereocenters. The van der Waals surface area contributed by atoms with E-state index in [-0.39, 0.29) is 6.04 Å². The minimum Gasteiger partial charge on any atom is -0.459 e. The summed E-state index contributed by atoms with van der Waals surface area (Å²) in [5.41, 5.74) is 4.47. The lowest BCUT2D eigenvalue weighted by atomic mass is 10.1. The zero-order valence-electron chi connectivity index (χ0n) is 12.4. The molecule has 1 atom stereocenters. The van der Waals surface area contributed by atoms with E-state index in [0.717, 1.165) is 21.5 Å². The van der Waals surface area contributed by atoms with Gasteiger partial charge >= 0.3 is 0 Å². The van der Waals surface area contributed by atoms with Crippen LogP contribution < -0.4 is 5.32 Å². The summed E-state index contributed by atoms with van der Waals surface area (Å²) in [5, 5.41) is 4.70. The molecule has 3 rings (SSSR count). The normalized spacial score (nSPS) is 12.6. The summed E-state index contributed by atoms with van der Waals surface area (Å²) >= 11 is 3.54. The van der Waals surface area contributed by atoms with Gasteiger partial charge in [-0.1, -0.05) is 34.1 Å². The summed E-state index contributed by atoms with van der Waals surface area (Å²) in [6.45, 7) is 6.33. The lowest BCUT2D eigenvalue weighted by Gasteiger charge is -2.15. The molecule has 0 saturated carbocycles. The van der Waals surface area contributed by atoms with Crippen LogP contribution in [0.15, 0.2) is 51.4 Å². The molecule has 0 radical (unpaired) electrons. The van der Waals surface area contributed by atoms with Crippen LogP contribution in [0.25, 0.3) is 11.0 Å². The Kier molecular flexibility index (Phi) is 3.77. The van der Waals surface area contributed by atoms with Gasteiger partial charge in [-0.2, -0.15) is 0 Å². The van der Waals surface area contributed by atoms with Crippen LogP contribution in [-0.4, -0.2) is 0 Å². The molecular formula is C18H18BrNO. The molecule has 1 N–H and O–H groups in total. The van der Waals surface area contributed by atoms with Crippen LogP contribution in [0.5, 0.6) is 0 Å². The molecule has 1 aromatic heterocycles. The minimum absolute atomic E-state index is 0.117. The van der Waals surface area contributed by atoms with Crippen LogP contribution in [0.2, 0.25) is 0 Å². The number of fused-ring (bicyclic) bond motifs is 1. The van der Waals surface area contributed by atoms with Gasteiger partial charge in [0.2, 0.25) is 0 Å². The molecule has 108 valence electrons. The topological polar surface area (TPSA) is 25.2 Å². The number of anilines is 1. The molecule has 0 aliphatic carbocycles. The van der Waals surface area contributed by atoms with Crippen LogP contribution in [-0.2, 0) is 0 Å². The predicted molar refractivity (Wildman–Crippen MR) is 91.9 cm³/mol. The average molecular weight is 344 g/mol. The number of para-hydroxylation sites is 1. The molecule has 21 heavy (non-hydrogen) atoms. The Hall–Kier alpha value is -1.74. The Morgan fingerprint density at radius 3 is 2.57 bits per heavy atom. The van der Waals surface area contributed by atoms with Crippen molar-refractivity contribution in [3.8, 4) is 0 Å².